The van der Waals surface area contributed by atoms with E-state index in [9.17, 15) is 26.8 Å². The first-order chi connectivity index (χ1) is 12.5. The zero-order chi connectivity index (χ0) is 20.4. The van der Waals surface area contributed by atoms with Crippen molar-refractivity contribution in [1.29, 1.82) is 0 Å². The van der Waals surface area contributed by atoms with Crippen LogP contribution in [0.3, 0.4) is 0 Å². The monoisotopic (exact) mass is 461 g/mol. The standard InChI is InChI=1S/C17H14BrF2NO5S/c1-21(2)27(24,25)16-8-11(3-5-12(16)18)17(23)26-9-15(22)10-4-6-13(19)14(20)7-10/h3-8H,9H2,1-2H3. The summed E-state index contributed by atoms with van der Waals surface area (Å²) in [4.78, 5) is 23.9. The van der Waals surface area contributed by atoms with E-state index < -0.39 is 40.0 Å². The van der Waals surface area contributed by atoms with Gasteiger partial charge in [0.1, 0.15) is 0 Å². The lowest BCUT2D eigenvalue weighted by atomic mass is 10.1. The lowest BCUT2D eigenvalue weighted by molar-refractivity contribution is 0.0474. The van der Waals surface area contributed by atoms with Crippen LogP contribution in [-0.2, 0) is 14.8 Å². The Hall–Kier alpha value is -2.17. The molecule has 10 heteroatoms. The van der Waals surface area contributed by atoms with E-state index in [2.05, 4.69) is 15.9 Å². The van der Waals surface area contributed by atoms with Gasteiger partial charge in [0, 0.05) is 24.1 Å². The maximum absolute atomic E-state index is 13.2. The van der Waals surface area contributed by atoms with Crippen LogP contribution in [0.15, 0.2) is 45.8 Å². The predicted molar refractivity (Wildman–Crippen MR) is 96.0 cm³/mol. The van der Waals surface area contributed by atoms with Crippen LogP contribution in [0.2, 0.25) is 0 Å². The Morgan fingerprint density at radius 1 is 1.04 bits per heavy atom. The summed E-state index contributed by atoms with van der Waals surface area (Å²) in [5.41, 5.74) is -0.245. The summed E-state index contributed by atoms with van der Waals surface area (Å²) in [5.74, 6) is -3.97. The number of hydrogen-bond acceptors (Lipinski definition) is 5. The number of sulfonamides is 1. The summed E-state index contributed by atoms with van der Waals surface area (Å²) < 4.78 is 56.7. The number of benzene rings is 2. The third kappa shape index (κ3) is 4.76. The van der Waals surface area contributed by atoms with Gasteiger partial charge in [-0.05, 0) is 52.3 Å². The molecule has 0 atom stereocenters. The number of esters is 1. The molecule has 0 radical (unpaired) electrons. The number of carbonyl (C=O) groups excluding carboxylic acids is 2. The number of hydrogen-bond donors (Lipinski definition) is 0. The van der Waals surface area contributed by atoms with Crippen LogP contribution in [0.25, 0.3) is 0 Å². The Bertz CT molecular complexity index is 1010. The van der Waals surface area contributed by atoms with Gasteiger partial charge in [0.2, 0.25) is 10.0 Å². The molecule has 0 bridgehead atoms. The van der Waals surface area contributed by atoms with E-state index >= 15 is 0 Å². The normalized spacial score (nSPS) is 11.5. The number of ether oxygens (including phenoxy) is 1. The second-order valence-corrected chi connectivity index (χ2v) is 8.54. The molecule has 0 saturated heterocycles. The van der Waals surface area contributed by atoms with Gasteiger partial charge in [-0.1, -0.05) is 0 Å². The van der Waals surface area contributed by atoms with Crippen molar-refractivity contribution in [2.45, 2.75) is 4.90 Å². The minimum Gasteiger partial charge on any atom is -0.454 e. The van der Waals surface area contributed by atoms with Crippen LogP contribution in [0, 0.1) is 11.6 Å². The van der Waals surface area contributed by atoms with Crippen LogP contribution in [0.5, 0.6) is 0 Å². The zero-order valence-corrected chi connectivity index (χ0v) is 16.6. The van der Waals surface area contributed by atoms with Crippen molar-refractivity contribution in [1.82, 2.24) is 4.31 Å². The maximum atomic E-state index is 13.2. The van der Waals surface area contributed by atoms with Crippen LogP contribution < -0.4 is 0 Å². The molecule has 0 amide bonds. The molecule has 0 unspecified atom stereocenters. The van der Waals surface area contributed by atoms with Crippen molar-refractivity contribution < 1.29 is 31.5 Å². The number of halogens is 3. The third-order valence-electron chi connectivity index (χ3n) is 3.50. The van der Waals surface area contributed by atoms with Gasteiger partial charge >= 0.3 is 5.97 Å². The Labute approximate surface area is 162 Å². The Balaban J connectivity index is 2.17. The van der Waals surface area contributed by atoms with E-state index in [1.54, 1.807) is 0 Å². The van der Waals surface area contributed by atoms with Crippen molar-refractivity contribution in [2.24, 2.45) is 0 Å². The molecule has 0 heterocycles. The Kier molecular flexibility index (Phi) is 6.45. The van der Waals surface area contributed by atoms with E-state index in [-0.39, 0.29) is 20.5 Å². The highest BCUT2D eigenvalue weighted by molar-refractivity contribution is 9.10. The second kappa shape index (κ2) is 8.24. The van der Waals surface area contributed by atoms with Crippen LogP contribution in [0.4, 0.5) is 8.78 Å². The predicted octanol–water partition coefficient (Wildman–Crippen LogP) is 3.02. The molecule has 0 aliphatic carbocycles. The van der Waals surface area contributed by atoms with Crippen LogP contribution >= 0.6 is 15.9 Å². The average molecular weight is 462 g/mol. The molecule has 6 nitrogen and oxygen atoms in total. The molecule has 0 saturated carbocycles. The number of carbonyl (C=O) groups is 2. The van der Waals surface area contributed by atoms with Gasteiger partial charge in [-0.15, -0.1) is 0 Å². The molecular weight excluding hydrogens is 448 g/mol. The van der Waals surface area contributed by atoms with Gasteiger partial charge in [0.05, 0.1) is 10.5 Å². The molecule has 0 aliphatic heterocycles. The van der Waals surface area contributed by atoms with E-state index in [0.717, 1.165) is 22.5 Å². The fourth-order valence-corrected chi connectivity index (χ4v) is 3.84. The molecule has 27 heavy (non-hydrogen) atoms. The highest BCUT2D eigenvalue weighted by Gasteiger charge is 2.23. The number of nitrogens with zero attached hydrogens (tertiary/aromatic N) is 1. The zero-order valence-electron chi connectivity index (χ0n) is 14.2. The van der Waals surface area contributed by atoms with E-state index in [1.807, 2.05) is 0 Å². The third-order valence-corrected chi connectivity index (χ3v) is 6.31. The van der Waals surface area contributed by atoms with Gasteiger partial charge in [0.15, 0.2) is 24.0 Å². The highest BCUT2D eigenvalue weighted by atomic mass is 79.9. The molecule has 0 N–H and O–H groups in total. The summed E-state index contributed by atoms with van der Waals surface area (Å²) in [7, 11) is -1.13. The summed E-state index contributed by atoms with van der Waals surface area (Å²) in [6.07, 6.45) is 0. The smallest absolute Gasteiger partial charge is 0.338 e. The summed E-state index contributed by atoms with van der Waals surface area (Å²) in [6.45, 7) is -0.713. The summed E-state index contributed by atoms with van der Waals surface area (Å²) in [6, 6.07) is 6.36. The molecule has 0 fully saturated rings. The number of ketones is 1. The summed E-state index contributed by atoms with van der Waals surface area (Å²) in [5, 5.41) is 0. The quantitative estimate of drug-likeness (QED) is 0.487. The molecule has 0 spiro atoms. The van der Waals surface area contributed by atoms with Crippen molar-refractivity contribution in [2.75, 3.05) is 20.7 Å². The Morgan fingerprint density at radius 3 is 2.26 bits per heavy atom. The SMILES string of the molecule is CN(C)S(=O)(=O)c1cc(C(=O)OCC(=O)c2ccc(F)c(F)c2)ccc1Br. The van der Waals surface area contributed by atoms with Crippen molar-refractivity contribution in [3.63, 3.8) is 0 Å². The van der Waals surface area contributed by atoms with Crippen LogP contribution in [0.1, 0.15) is 20.7 Å². The van der Waals surface area contributed by atoms with E-state index in [4.69, 9.17) is 4.74 Å². The van der Waals surface area contributed by atoms with Crippen molar-refractivity contribution in [3.8, 4) is 0 Å². The first-order valence-electron chi connectivity index (χ1n) is 7.41. The molecule has 144 valence electrons. The highest BCUT2D eigenvalue weighted by Crippen LogP contribution is 2.25. The largest absolute Gasteiger partial charge is 0.454 e. The van der Waals surface area contributed by atoms with Crippen molar-refractivity contribution in [3.05, 3.63) is 63.6 Å². The average Bonchev–Trinajstić information content (AvgIpc) is 2.61. The molecule has 2 aromatic rings. The molecule has 0 aliphatic rings. The lowest BCUT2D eigenvalue weighted by Crippen LogP contribution is -2.23. The van der Waals surface area contributed by atoms with Crippen molar-refractivity contribution >= 4 is 37.7 Å². The molecule has 0 aromatic heterocycles. The maximum Gasteiger partial charge on any atom is 0.338 e. The van der Waals surface area contributed by atoms with Gasteiger partial charge < -0.3 is 4.74 Å². The minimum absolute atomic E-state index is 0.0864. The van der Waals surface area contributed by atoms with Gasteiger partial charge in [-0.3, -0.25) is 4.79 Å². The first kappa shape index (κ1) is 21.1. The lowest BCUT2D eigenvalue weighted by Gasteiger charge is -2.13. The molecular formula is C17H14BrF2NO5S. The van der Waals surface area contributed by atoms with Gasteiger partial charge in [0.25, 0.3) is 0 Å². The van der Waals surface area contributed by atoms with Gasteiger partial charge in [-0.25, -0.2) is 26.3 Å². The van der Waals surface area contributed by atoms with Gasteiger partial charge in [-0.2, -0.15) is 0 Å². The first-order valence-corrected chi connectivity index (χ1v) is 9.65. The Morgan fingerprint density at radius 2 is 1.67 bits per heavy atom. The summed E-state index contributed by atoms with van der Waals surface area (Å²) >= 11 is 3.11. The second-order valence-electron chi connectivity index (χ2n) is 5.56. The van der Waals surface area contributed by atoms with E-state index in [0.29, 0.717) is 6.07 Å². The number of rotatable bonds is 6. The minimum atomic E-state index is -3.81. The number of Topliss-reactive ketones (excluding diaryl/α,β-unsaturated/α-hetero) is 1. The molecule has 2 aromatic carbocycles. The van der Waals surface area contributed by atoms with E-state index in [1.165, 1.54) is 26.2 Å². The fraction of sp³-hybridized carbons (Fsp3) is 0.176. The van der Waals surface area contributed by atoms with Crippen LogP contribution in [-0.4, -0.2) is 45.2 Å². The topological polar surface area (TPSA) is 80.8 Å². The fourth-order valence-electron chi connectivity index (χ4n) is 1.99. The molecule has 2 rings (SSSR count).